The summed E-state index contributed by atoms with van der Waals surface area (Å²) in [6, 6.07) is 0. The van der Waals surface area contributed by atoms with Gasteiger partial charge in [-0.15, -0.1) is 0 Å². The van der Waals surface area contributed by atoms with E-state index >= 15 is 0 Å². The Labute approximate surface area is 43.6 Å². The molecule has 42 valence electrons. The van der Waals surface area contributed by atoms with Crippen LogP contribution < -0.4 is 5.73 Å². The molecule has 0 aromatic carbocycles. The van der Waals surface area contributed by atoms with Crippen LogP contribution in [0.5, 0.6) is 0 Å². The molecule has 1 aliphatic rings. The number of hydrogen-bond acceptors (Lipinski definition) is 2. The first kappa shape index (κ1) is 5.06. The molecular formula is C5H11NO. The molecule has 1 aliphatic heterocycles. The minimum atomic E-state index is 0.375. The quantitative estimate of drug-likeness (QED) is 0.509. The summed E-state index contributed by atoms with van der Waals surface area (Å²) in [5.41, 5.74) is 5.31. The van der Waals surface area contributed by atoms with Crippen molar-refractivity contribution in [3.8, 4) is 0 Å². The molecular weight excluding hydrogens is 90.1 g/mol. The van der Waals surface area contributed by atoms with Gasteiger partial charge in [-0.1, -0.05) is 0 Å². The SMILES string of the molecule is NC[C@H]1CCCO1. The molecule has 2 heteroatoms. The van der Waals surface area contributed by atoms with Gasteiger partial charge in [0.2, 0.25) is 0 Å². The zero-order valence-electron chi connectivity index (χ0n) is 4.39. The fourth-order valence-corrected chi connectivity index (χ4v) is 0.830. The molecule has 2 nitrogen and oxygen atoms in total. The second kappa shape index (κ2) is 2.28. The maximum Gasteiger partial charge on any atom is 0.0698 e. The molecule has 2 N–H and O–H groups in total. The number of nitrogens with two attached hydrogens (primary N) is 1. The van der Waals surface area contributed by atoms with E-state index in [0.29, 0.717) is 12.6 Å². The molecule has 1 heterocycles. The molecule has 0 saturated carbocycles. The molecule has 0 bridgehead atoms. The van der Waals surface area contributed by atoms with Crippen LogP contribution in [0.1, 0.15) is 12.8 Å². The monoisotopic (exact) mass is 101 g/mol. The Morgan fingerprint density at radius 1 is 1.71 bits per heavy atom. The summed E-state index contributed by atoms with van der Waals surface area (Å²) in [5, 5.41) is 0. The fourth-order valence-electron chi connectivity index (χ4n) is 0.830. The van der Waals surface area contributed by atoms with Crippen molar-refractivity contribution < 1.29 is 4.74 Å². The van der Waals surface area contributed by atoms with Gasteiger partial charge >= 0.3 is 0 Å². The van der Waals surface area contributed by atoms with Crippen molar-refractivity contribution in [1.82, 2.24) is 0 Å². The second-order valence-electron chi connectivity index (χ2n) is 1.87. The maximum absolute atomic E-state index is 5.31. The van der Waals surface area contributed by atoms with Crippen LogP contribution in [0.2, 0.25) is 0 Å². The highest BCUT2D eigenvalue weighted by Gasteiger charge is 2.11. The third-order valence-electron chi connectivity index (χ3n) is 1.29. The van der Waals surface area contributed by atoms with Crippen LogP contribution in [-0.2, 0) is 4.74 Å². The summed E-state index contributed by atoms with van der Waals surface area (Å²) in [6.45, 7) is 1.61. The standard InChI is InChI=1S/C5H11NO/c6-4-5-2-1-3-7-5/h5H,1-4,6H2/t5-/m1/s1. The number of hydrogen-bond donors (Lipinski definition) is 1. The lowest BCUT2D eigenvalue weighted by atomic mass is 10.2. The molecule has 0 unspecified atom stereocenters. The molecule has 1 saturated heterocycles. The lowest BCUT2D eigenvalue weighted by Gasteiger charge is -2.01. The van der Waals surface area contributed by atoms with Gasteiger partial charge in [-0.05, 0) is 12.8 Å². The molecule has 1 atom stereocenters. The Balaban J connectivity index is 2.14. The first-order chi connectivity index (χ1) is 3.43. The Kier molecular flexibility index (Phi) is 1.65. The molecule has 0 aromatic heterocycles. The highest BCUT2D eigenvalue weighted by molar-refractivity contribution is 4.63. The van der Waals surface area contributed by atoms with Crippen LogP contribution >= 0.6 is 0 Å². The smallest absolute Gasteiger partial charge is 0.0698 e. The van der Waals surface area contributed by atoms with Crippen molar-refractivity contribution in [2.24, 2.45) is 5.73 Å². The lowest BCUT2D eigenvalue weighted by molar-refractivity contribution is 0.117. The summed E-state index contributed by atoms with van der Waals surface area (Å²) in [4.78, 5) is 0. The zero-order valence-corrected chi connectivity index (χ0v) is 4.39. The van der Waals surface area contributed by atoms with Gasteiger partial charge in [0.15, 0.2) is 0 Å². The molecule has 1 rings (SSSR count). The molecule has 0 amide bonds. The lowest BCUT2D eigenvalue weighted by Crippen LogP contribution is -2.17. The van der Waals surface area contributed by atoms with E-state index in [2.05, 4.69) is 0 Å². The van der Waals surface area contributed by atoms with Gasteiger partial charge in [0.25, 0.3) is 0 Å². The first-order valence-corrected chi connectivity index (χ1v) is 2.75. The third kappa shape index (κ3) is 1.14. The summed E-state index contributed by atoms with van der Waals surface area (Å²) in [5.74, 6) is 0. The Hall–Kier alpha value is -0.0800. The Morgan fingerprint density at radius 3 is 2.86 bits per heavy atom. The molecule has 0 aromatic rings. The van der Waals surface area contributed by atoms with Crippen LogP contribution in [0.3, 0.4) is 0 Å². The first-order valence-electron chi connectivity index (χ1n) is 2.75. The molecule has 1 fully saturated rings. The molecule has 0 radical (unpaired) electrons. The summed E-state index contributed by atoms with van der Waals surface area (Å²) in [7, 11) is 0. The molecule has 0 spiro atoms. The van der Waals surface area contributed by atoms with Crippen LogP contribution in [0, 0.1) is 0 Å². The van der Waals surface area contributed by atoms with E-state index in [0.717, 1.165) is 13.0 Å². The van der Waals surface area contributed by atoms with Crippen molar-refractivity contribution in [1.29, 1.82) is 0 Å². The van der Waals surface area contributed by atoms with Gasteiger partial charge in [-0.25, -0.2) is 0 Å². The van der Waals surface area contributed by atoms with Gasteiger partial charge in [-0.2, -0.15) is 0 Å². The highest BCUT2D eigenvalue weighted by Crippen LogP contribution is 2.09. The summed E-state index contributed by atoms with van der Waals surface area (Å²) < 4.78 is 5.18. The van der Waals surface area contributed by atoms with Crippen molar-refractivity contribution >= 4 is 0 Å². The predicted octanol–water partition coefficient (Wildman–Crippen LogP) is 0.124. The Bertz CT molecular complexity index is 50.0. The third-order valence-corrected chi connectivity index (χ3v) is 1.29. The van der Waals surface area contributed by atoms with E-state index in [1.165, 1.54) is 6.42 Å². The van der Waals surface area contributed by atoms with E-state index in [1.807, 2.05) is 0 Å². The highest BCUT2D eigenvalue weighted by atomic mass is 16.5. The topological polar surface area (TPSA) is 35.2 Å². The van der Waals surface area contributed by atoms with E-state index in [1.54, 1.807) is 0 Å². The van der Waals surface area contributed by atoms with E-state index in [4.69, 9.17) is 10.5 Å². The van der Waals surface area contributed by atoms with Crippen molar-refractivity contribution in [2.75, 3.05) is 13.2 Å². The fraction of sp³-hybridized carbons (Fsp3) is 1.00. The maximum atomic E-state index is 5.31. The number of rotatable bonds is 1. The average molecular weight is 101 g/mol. The van der Waals surface area contributed by atoms with Crippen molar-refractivity contribution in [2.45, 2.75) is 18.9 Å². The predicted molar refractivity (Wildman–Crippen MR) is 28.0 cm³/mol. The van der Waals surface area contributed by atoms with Crippen molar-refractivity contribution in [3.63, 3.8) is 0 Å². The zero-order chi connectivity index (χ0) is 5.11. The van der Waals surface area contributed by atoms with Crippen LogP contribution in [-0.4, -0.2) is 19.3 Å². The van der Waals surface area contributed by atoms with Gasteiger partial charge in [0.1, 0.15) is 0 Å². The van der Waals surface area contributed by atoms with Gasteiger partial charge in [-0.3, -0.25) is 0 Å². The number of ether oxygens (including phenoxy) is 1. The van der Waals surface area contributed by atoms with Gasteiger partial charge < -0.3 is 10.5 Å². The minimum Gasteiger partial charge on any atom is -0.377 e. The van der Waals surface area contributed by atoms with Crippen LogP contribution in [0.4, 0.5) is 0 Å². The van der Waals surface area contributed by atoms with E-state index < -0.39 is 0 Å². The normalized spacial score (nSPS) is 31.3. The molecule has 7 heavy (non-hydrogen) atoms. The second-order valence-corrected chi connectivity index (χ2v) is 1.87. The van der Waals surface area contributed by atoms with Crippen LogP contribution in [0.15, 0.2) is 0 Å². The summed E-state index contributed by atoms with van der Waals surface area (Å²) >= 11 is 0. The Morgan fingerprint density at radius 2 is 2.57 bits per heavy atom. The van der Waals surface area contributed by atoms with Gasteiger partial charge in [0.05, 0.1) is 6.10 Å². The minimum absolute atomic E-state index is 0.375. The van der Waals surface area contributed by atoms with Crippen molar-refractivity contribution in [3.05, 3.63) is 0 Å². The van der Waals surface area contributed by atoms with E-state index in [-0.39, 0.29) is 0 Å². The van der Waals surface area contributed by atoms with Gasteiger partial charge in [0, 0.05) is 13.2 Å². The molecule has 0 aliphatic carbocycles. The van der Waals surface area contributed by atoms with E-state index in [9.17, 15) is 0 Å². The van der Waals surface area contributed by atoms with Crippen LogP contribution in [0.25, 0.3) is 0 Å². The summed E-state index contributed by atoms with van der Waals surface area (Å²) in [6.07, 6.45) is 2.73. The average Bonchev–Trinajstić information content (AvgIpc) is 2.14. The largest absolute Gasteiger partial charge is 0.377 e.